The molecule has 0 radical (unpaired) electrons. The molecule has 0 spiro atoms. The molecule has 0 aliphatic carbocycles. The lowest BCUT2D eigenvalue weighted by atomic mass is 10.3. The number of rotatable bonds is 4. The summed E-state index contributed by atoms with van der Waals surface area (Å²) in [7, 11) is -6.93. The quantitative estimate of drug-likeness (QED) is 0.783. The Bertz CT molecular complexity index is 1050. The van der Waals surface area contributed by atoms with Gasteiger partial charge in [-0.1, -0.05) is 0 Å². The van der Waals surface area contributed by atoms with Gasteiger partial charge in [-0.2, -0.15) is 4.31 Å². The Kier molecular flexibility index (Phi) is 5.68. The molecule has 2 amide bonds. The van der Waals surface area contributed by atoms with Crippen LogP contribution in [0.2, 0.25) is 0 Å². The molecule has 150 valence electrons. The van der Waals surface area contributed by atoms with Crippen molar-refractivity contribution in [2.45, 2.75) is 9.79 Å². The number of aromatic nitrogens is 1. The van der Waals surface area contributed by atoms with E-state index < -0.39 is 19.9 Å². The molecule has 1 aliphatic heterocycles. The number of hydrogen-bond donors (Lipinski definition) is 1. The van der Waals surface area contributed by atoms with E-state index in [1.807, 2.05) is 0 Å². The molecule has 28 heavy (non-hydrogen) atoms. The summed E-state index contributed by atoms with van der Waals surface area (Å²) in [6.45, 7) is 0.842. The molecule has 1 aromatic carbocycles. The first-order chi connectivity index (χ1) is 13.2. The van der Waals surface area contributed by atoms with Crippen LogP contribution in [0.4, 0.5) is 10.5 Å². The van der Waals surface area contributed by atoms with Gasteiger partial charge in [-0.25, -0.2) is 21.6 Å². The van der Waals surface area contributed by atoms with Crippen LogP contribution in [0.1, 0.15) is 0 Å². The van der Waals surface area contributed by atoms with E-state index in [0.29, 0.717) is 5.69 Å². The highest BCUT2D eigenvalue weighted by Crippen LogP contribution is 2.18. The van der Waals surface area contributed by atoms with Crippen molar-refractivity contribution in [1.29, 1.82) is 0 Å². The number of sulfone groups is 1. The van der Waals surface area contributed by atoms with Gasteiger partial charge in [-0.05, 0) is 36.4 Å². The van der Waals surface area contributed by atoms with Crippen LogP contribution in [0.3, 0.4) is 0 Å². The third-order valence-electron chi connectivity index (χ3n) is 4.33. The molecule has 0 atom stereocenters. The second-order valence-electron chi connectivity index (χ2n) is 6.31. The van der Waals surface area contributed by atoms with Crippen molar-refractivity contribution in [2.24, 2.45) is 0 Å². The number of carbonyl (C=O) groups excluding carboxylic acids is 1. The number of carbonyl (C=O) groups is 1. The minimum Gasteiger partial charge on any atom is -0.322 e. The molecule has 11 heteroatoms. The lowest BCUT2D eigenvalue weighted by Crippen LogP contribution is -2.51. The highest BCUT2D eigenvalue weighted by molar-refractivity contribution is 7.90. The van der Waals surface area contributed by atoms with Gasteiger partial charge >= 0.3 is 6.03 Å². The standard InChI is InChI=1S/C17H20N4O5S2/c1-27(23,24)15-6-4-14(5-7-15)19-17(22)20-9-11-21(12-10-20)28(25,26)16-3-2-8-18-13-16/h2-8,13H,9-12H2,1H3,(H,19,22). The van der Waals surface area contributed by atoms with Gasteiger partial charge in [0.25, 0.3) is 0 Å². The van der Waals surface area contributed by atoms with E-state index in [9.17, 15) is 21.6 Å². The zero-order chi connectivity index (χ0) is 20.4. The summed E-state index contributed by atoms with van der Waals surface area (Å²) < 4.78 is 49.4. The van der Waals surface area contributed by atoms with E-state index in [4.69, 9.17) is 0 Å². The lowest BCUT2D eigenvalue weighted by molar-refractivity contribution is 0.184. The number of anilines is 1. The monoisotopic (exact) mass is 424 g/mol. The van der Waals surface area contributed by atoms with Gasteiger partial charge in [0.1, 0.15) is 4.90 Å². The number of piperazine rings is 1. The first-order valence-corrected chi connectivity index (χ1v) is 11.8. The summed E-state index contributed by atoms with van der Waals surface area (Å²) in [5.41, 5.74) is 0.461. The van der Waals surface area contributed by atoms with Crippen molar-refractivity contribution in [2.75, 3.05) is 37.8 Å². The second-order valence-corrected chi connectivity index (χ2v) is 10.3. The van der Waals surface area contributed by atoms with Crippen LogP contribution >= 0.6 is 0 Å². The van der Waals surface area contributed by atoms with Gasteiger partial charge in [0.15, 0.2) is 9.84 Å². The van der Waals surface area contributed by atoms with E-state index in [-0.39, 0.29) is 42.0 Å². The fraction of sp³-hybridized carbons (Fsp3) is 0.294. The van der Waals surface area contributed by atoms with Gasteiger partial charge in [-0.15, -0.1) is 0 Å². The molecule has 1 aliphatic rings. The van der Waals surface area contributed by atoms with Crippen LogP contribution in [-0.2, 0) is 19.9 Å². The number of pyridine rings is 1. The van der Waals surface area contributed by atoms with Crippen molar-refractivity contribution in [3.8, 4) is 0 Å². The van der Waals surface area contributed by atoms with Crippen LogP contribution < -0.4 is 5.32 Å². The van der Waals surface area contributed by atoms with Crippen molar-refractivity contribution >= 4 is 31.6 Å². The lowest BCUT2D eigenvalue weighted by Gasteiger charge is -2.33. The number of urea groups is 1. The molecule has 2 aromatic rings. The van der Waals surface area contributed by atoms with Crippen LogP contribution in [-0.4, -0.2) is 69.5 Å². The van der Waals surface area contributed by atoms with Crippen molar-refractivity contribution in [3.05, 3.63) is 48.8 Å². The molecule has 9 nitrogen and oxygen atoms in total. The average molecular weight is 425 g/mol. The van der Waals surface area contributed by atoms with Crippen LogP contribution in [0.5, 0.6) is 0 Å². The number of benzene rings is 1. The predicted octanol–water partition coefficient (Wildman–Crippen LogP) is 1.02. The summed E-state index contributed by atoms with van der Waals surface area (Å²) in [4.78, 5) is 18.0. The first kappa shape index (κ1) is 20.2. The second kappa shape index (κ2) is 7.86. The van der Waals surface area contributed by atoms with Crippen molar-refractivity contribution < 1.29 is 21.6 Å². The fourth-order valence-corrected chi connectivity index (χ4v) is 4.79. The summed E-state index contributed by atoms with van der Waals surface area (Å²) in [6, 6.07) is 8.54. The maximum Gasteiger partial charge on any atom is 0.321 e. The Labute approximate surface area is 164 Å². The third-order valence-corrected chi connectivity index (χ3v) is 7.34. The van der Waals surface area contributed by atoms with Crippen LogP contribution in [0, 0.1) is 0 Å². The van der Waals surface area contributed by atoms with Crippen LogP contribution in [0.15, 0.2) is 58.6 Å². The molecule has 3 rings (SSSR count). The van der Waals surface area contributed by atoms with Gasteiger partial charge in [0.05, 0.1) is 4.90 Å². The largest absolute Gasteiger partial charge is 0.322 e. The number of hydrogen-bond acceptors (Lipinski definition) is 6. The van der Waals surface area contributed by atoms with Crippen molar-refractivity contribution in [3.63, 3.8) is 0 Å². The van der Waals surface area contributed by atoms with E-state index in [1.54, 1.807) is 6.07 Å². The minimum absolute atomic E-state index is 0.124. The normalized spacial score (nSPS) is 16.0. The molecule has 0 bridgehead atoms. The molecular weight excluding hydrogens is 404 g/mol. The Morgan fingerprint density at radius 2 is 1.61 bits per heavy atom. The fourth-order valence-electron chi connectivity index (χ4n) is 2.77. The molecule has 1 fully saturated rings. The molecular formula is C17H20N4O5S2. The zero-order valence-corrected chi connectivity index (χ0v) is 16.8. The SMILES string of the molecule is CS(=O)(=O)c1ccc(NC(=O)N2CCN(S(=O)(=O)c3cccnc3)CC2)cc1. The smallest absolute Gasteiger partial charge is 0.321 e. The topological polar surface area (TPSA) is 117 Å². The zero-order valence-electron chi connectivity index (χ0n) is 15.1. The highest BCUT2D eigenvalue weighted by Gasteiger charge is 2.30. The number of sulfonamides is 1. The van der Waals surface area contributed by atoms with Gasteiger partial charge < -0.3 is 10.2 Å². The Morgan fingerprint density at radius 3 is 2.14 bits per heavy atom. The number of nitrogens with zero attached hydrogens (tertiary/aromatic N) is 3. The van der Waals surface area contributed by atoms with Gasteiger partial charge in [0, 0.05) is 50.5 Å². The molecule has 1 N–H and O–H groups in total. The molecule has 2 heterocycles. The third kappa shape index (κ3) is 4.49. The molecule has 1 saturated heterocycles. The number of nitrogens with one attached hydrogen (secondary N) is 1. The molecule has 1 aromatic heterocycles. The Hall–Kier alpha value is -2.50. The van der Waals surface area contributed by atoms with E-state index in [2.05, 4.69) is 10.3 Å². The minimum atomic E-state index is -3.63. The van der Waals surface area contributed by atoms with Crippen molar-refractivity contribution in [1.82, 2.24) is 14.2 Å². The summed E-state index contributed by atoms with van der Waals surface area (Å²) in [5, 5.41) is 2.69. The van der Waals surface area contributed by atoms with Crippen LogP contribution in [0.25, 0.3) is 0 Å². The molecule has 0 unspecified atom stereocenters. The first-order valence-electron chi connectivity index (χ1n) is 8.44. The predicted molar refractivity (Wildman–Crippen MR) is 103 cm³/mol. The average Bonchev–Trinajstić information content (AvgIpc) is 2.68. The summed E-state index contributed by atoms with van der Waals surface area (Å²) in [5.74, 6) is 0. The maximum atomic E-state index is 12.6. The van der Waals surface area contributed by atoms with E-state index in [0.717, 1.165) is 6.26 Å². The molecule has 0 saturated carbocycles. The number of amides is 2. The summed E-state index contributed by atoms with van der Waals surface area (Å²) in [6.07, 6.45) is 3.91. The van der Waals surface area contributed by atoms with E-state index in [1.165, 1.54) is 51.9 Å². The maximum absolute atomic E-state index is 12.6. The van der Waals surface area contributed by atoms with E-state index >= 15 is 0 Å². The highest BCUT2D eigenvalue weighted by atomic mass is 32.2. The van der Waals surface area contributed by atoms with Gasteiger partial charge in [-0.3, -0.25) is 4.98 Å². The summed E-state index contributed by atoms with van der Waals surface area (Å²) >= 11 is 0. The Balaban J connectivity index is 1.60. The Morgan fingerprint density at radius 1 is 0.964 bits per heavy atom. The van der Waals surface area contributed by atoms with Gasteiger partial charge in [0.2, 0.25) is 10.0 Å².